The second-order valence-electron chi connectivity index (χ2n) is 4.79. The van der Waals surface area contributed by atoms with Gasteiger partial charge in [0.05, 0.1) is 12.1 Å². The fourth-order valence-corrected chi connectivity index (χ4v) is 2.09. The minimum atomic E-state index is -0.494. The van der Waals surface area contributed by atoms with Gasteiger partial charge in [0.25, 0.3) is 0 Å². The van der Waals surface area contributed by atoms with Crippen molar-refractivity contribution in [3.63, 3.8) is 0 Å². The monoisotopic (exact) mass is 221 g/mol. The van der Waals surface area contributed by atoms with Gasteiger partial charge >= 0.3 is 0 Å². The number of hydrogen-bond donors (Lipinski definition) is 1. The smallest absolute Gasteiger partial charge is 0.142 e. The first-order chi connectivity index (χ1) is 7.66. The fourth-order valence-electron chi connectivity index (χ4n) is 2.09. The van der Waals surface area contributed by atoms with Gasteiger partial charge in [-0.05, 0) is 38.8 Å². The lowest BCUT2D eigenvalue weighted by atomic mass is 9.98. The Morgan fingerprint density at radius 2 is 2.06 bits per heavy atom. The van der Waals surface area contributed by atoms with E-state index >= 15 is 0 Å². The van der Waals surface area contributed by atoms with Crippen LogP contribution in [0.1, 0.15) is 32.0 Å². The molecule has 0 aromatic carbocycles. The summed E-state index contributed by atoms with van der Waals surface area (Å²) < 4.78 is 0. The number of likely N-dealkylation sites (tertiary alicyclic amines) is 1. The van der Waals surface area contributed by atoms with E-state index in [1.54, 1.807) is 12.4 Å². The first kappa shape index (κ1) is 11.5. The molecule has 2 rings (SSSR count). The van der Waals surface area contributed by atoms with Gasteiger partial charge in [0.2, 0.25) is 0 Å². The minimum Gasteiger partial charge on any atom is -0.390 e. The van der Waals surface area contributed by atoms with Crippen molar-refractivity contribution in [1.82, 2.24) is 14.9 Å². The van der Waals surface area contributed by atoms with Gasteiger partial charge in [0.1, 0.15) is 5.82 Å². The van der Waals surface area contributed by atoms with Crippen molar-refractivity contribution in [3.05, 3.63) is 24.3 Å². The van der Waals surface area contributed by atoms with Crippen molar-refractivity contribution >= 4 is 0 Å². The van der Waals surface area contributed by atoms with E-state index in [1.807, 2.05) is 13.0 Å². The normalized spacial score (nSPS) is 27.6. The molecule has 1 aliphatic heterocycles. The highest BCUT2D eigenvalue weighted by Gasteiger charge is 2.24. The summed E-state index contributed by atoms with van der Waals surface area (Å²) in [4.78, 5) is 10.8. The molecule has 1 fully saturated rings. The lowest BCUT2D eigenvalue weighted by Crippen LogP contribution is -2.28. The molecule has 2 heterocycles. The predicted octanol–water partition coefficient (Wildman–Crippen LogP) is 1.21. The van der Waals surface area contributed by atoms with Crippen LogP contribution in [-0.2, 0) is 6.54 Å². The van der Waals surface area contributed by atoms with Crippen LogP contribution >= 0.6 is 0 Å². The Morgan fingerprint density at radius 1 is 1.31 bits per heavy atom. The third kappa shape index (κ3) is 3.25. The van der Waals surface area contributed by atoms with Gasteiger partial charge in [-0.2, -0.15) is 0 Å². The predicted molar refractivity (Wildman–Crippen MR) is 61.8 cm³/mol. The zero-order valence-electron chi connectivity index (χ0n) is 9.76. The Balaban J connectivity index is 1.92. The van der Waals surface area contributed by atoms with Crippen LogP contribution in [-0.4, -0.2) is 38.7 Å². The molecule has 1 saturated heterocycles. The zero-order chi connectivity index (χ0) is 11.4. The Morgan fingerprint density at radius 3 is 2.81 bits per heavy atom. The van der Waals surface area contributed by atoms with Crippen LogP contribution in [0.5, 0.6) is 0 Å². The number of rotatable bonds is 2. The molecule has 0 aliphatic carbocycles. The quantitative estimate of drug-likeness (QED) is 0.815. The van der Waals surface area contributed by atoms with E-state index in [0.717, 1.165) is 44.7 Å². The maximum Gasteiger partial charge on any atom is 0.142 e. The van der Waals surface area contributed by atoms with Crippen molar-refractivity contribution in [2.45, 2.75) is 38.3 Å². The summed E-state index contributed by atoms with van der Waals surface area (Å²) in [6, 6.07) is 1.83. The molecule has 1 atom stereocenters. The highest BCUT2D eigenvalue weighted by molar-refractivity contribution is 4.89. The van der Waals surface area contributed by atoms with Crippen LogP contribution < -0.4 is 0 Å². The van der Waals surface area contributed by atoms with Crippen LogP contribution in [0.3, 0.4) is 0 Å². The Kier molecular flexibility index (Phi) is 3.51. The summed E-state index contributed by atoms with van der Waals surface area (Å²) in [5.74, 6) is 0.865. The molecule has 1 aromatic heterocycles. The summed E-state index contributed by atoms with van der Waals surface area (Å²) in [6.07, 6.45) is 6.31. The molecule has 1 N–H and O–H groups in total. The first-order valence-corrected chi connectivity index (χ1v) is 5.86. The molecule has 1 unspecified atom stereocenters. The molecular weight excluding hydrogens is 202 g/mol. The first-order valence-electron chi connectivity index (χ1n) is 5.86. The molecule has 1 aromatic rings. The lowest BCUT2D eigenvalue weighted by molar-refractivity contribution is 0.0443. The minimum absolute atomic E-state index is 0.494. The maximum atomic E-state index is 9.98. The standard InChI is InChI=1S/C12H19N3O/c1-12(16)4-2-8-15(9-5-12)10-11-13-6-3-7-14-11/h3,6-7,16H,2,4-5,8-10H2,1H3. The van der Waals surface area contributed by atoms with Crippen LogP contribution in [0.2, 0.25) is 0 Å². The largest absolute Gasteiger partial charge is 0.390 e. The average Bonchev–Trinajstić information content (AvgIpc) is 2.42. The molecule has 0 radical (unpaired) electrons. The fraction of sp³-hybridized carbons (Fsp3) is 0.667. The van der Waals surface area contributed by atoms with Crippen LogP contribution in [0, 0.1) is 0 Å². The molecule has 4 heteroatoms. The summed E-state index contributed by atoms with van der Waals surface area (Å²) in [6.45, 7) is 4.66. The van der Waals surface area contributed by atoms with Gasteiger partial charge in [-0.3, -0.25) is 4.90 Å². The van der Waals surface area contributed by atoms with Crippen LogP contribution in [0.4, 0.5) is 0 Å². The summed E-state index contributed by atoms with van der Waals surface area (Å²) >= 11 is 0. The van der Waals surface area contributed by atoms with E-state index < -0.39 is 5.60 Å². The van der Waals surface area contributed by atoms with Crippen molar-refractivity contribution < 1.29 is 5.11 Å². The number of nitrogens with zero attached hydrogens (tertiary/aromatic N) is 3. The Bertz CT molecular complexity index is 326. The second-order valence-corrected chi connectivity index (χ2v) is 4.79. The second kappa shape index (κ2) is 4.89. The van der Waals surface area contributed by atoms with Crippen molar-refractivity contribution in [3.8, 4) is 0 Å². The molecule has 16 heavy (non-hydrogen) atoms. The van der Waals surface area contributed by atoms with E-state index in [9.17, 15) is 5.11 Å². The van der Waals surface area contributed by atoms with Crippen molar-refractivity contribution in [2.75, 3.05) is 13.1 Å². The van der Waals surface area contributed by atoms with E-state index in [0.29, 0.717) is 0 Å². The van der Waals surface area contributed by atoms with Gasteiger partial charge < -0.3 is 5.11 Å². The number of aromatic nitrogens is 2. The van der Waals surface area contributed by atoms with E-state index in [2.05, 4.69) is 14.9 Å². The molecular formula is C12H19N3O. The van der Waals surface area contributed by atoms with Gasteiger partial charge in [-0.1, -0.05) is 0 Å². The maximum absolute atomic E-state index is 9.98. The lowest BCUT2D eigenvalue weighted by Gasteiger charge is -2.21. The molecule has 0 amide bonds. The highest BCUT2D eigenvalue weighted by atomic mass is 16.3. The SMILES string of the molecule is CC1(O)CCCN(Cc2ncccn2)CC1. The van der Waals surface area contributed by atoms with Crippen molar-refractivity contribution in [1.29, 1.82) is 0 Å². The van der Waals surface area contributed by atoms with Crippen LogP contribution in [0.25, 0.3) is 0 Å². The van der Waals surface area contributed by atoms with Gasteiger partial charge in [0.15, 0.2) is 0 Å². The van der Waals surface area contributed by atoms with Gasteiger partial charge in [-0.15, -0.1) is 0 Å². The molecule has 4 nitrogen and oxygen atoms in total. The Hall–Kier alpha value is -1.00. The van der Waals surface area contributed by atoms with Gasteiger partial charge in [0, 0.05) is 18.9 Å². The highest BCUT2D eigenvalue weighted by Crippen LogP contribution is 2.21. The van der Waals surface area contributed by atoms with Crippen LogP contribution in [0.15, 0.2) is 18.5 Å². The average molecular weight is 221 g/mol. The summed E-state index contributed by atoms with van der Waals surface area (Å²) in [5, 5.41) is 9.98. The molecule has 0 saturated carbocycles. The molecule has 88 valence electrons. The van der Waals surface area contributed by atoms with E-state index in [-0.39, 0.29) is 0 Å². The molecule has 0 bridgehead atoms. The molecule has 1 aliphatic rings. The van der Waals surface area contributed by atoms with Gasteiger partial charge in [-0.25, -0.2) is 9.97 Å². The Labute approximate surface area is 96.3 Å². The van der Waals surface area contributed by atoms with Crippen molar-refractivity contribution in [2.24, 2.45) is 0 Å². The zero-order valence-corrected chi connectivity index (χ0v) is 9.76. The number of hydrogen-bond acceptors (Lipinski definition) is 4. The number of aliphatic hydroxyl groups is 1. The third-order valence-corrected chi connectivity index (χ3v) is 3.14. The molecule has 0 spiro atoms. The van der Waals surface area contributed by atoms with E-state index in [4.69, 9.17) is 0 Å². The summed E-state index contributed by atoms with van der Waals surface area (Å²) in [5.41, 5.74) is -0.494. The summed E-state index contributed by atoms with van der Waals surface area (Å²) in [7, 11) is 0. The third-order valence-electron chi connectivity index (χ3n) is 3.14. The van der Waals surface area contributed by atoms with E-state index in [1.165, 1.54) is 0 Å². The topological polar surface area (TPSA) is 49.2 Å².